The molecule has 1 N–H and O–H groups in total. The fraction of sp³-hybridized carbons (Fsp3) is 0.468. The van der Waals surface area contributed by atoms with Gasteiger partial charge in [-0.15, -0.1) is 0 Å². The summed E-state index contributed by atoms with van der Waals surface area (Å²) in [6.45, 7) is 10.8. The van der Waals surface area contributed by atoms with E-state index in [1.807, 2.05) is 81.7 Å². The molecule has 1 amide bonds. The molecule has 1 aliphatic heterocycles. The van der Waals surface area contributed by atoms with Crippen LogP contribution >= 0.6 is 0 Å². The van der Waals surface area contributed by atoms with E-state index in [2.05, 4.69) is 21.8 Å². The Morgan fingerprint density at radius 1 is 0.867 bits per heavy atom. The second-order valence-corrected chi connectivity index (χ2v) is 18.5. The number of fused-ring (bicyclic) bond motifs is 1. The van der Waals surface area contributed by atoms with E-state index < -0.39 is 17.5 Å². The summed E-state index contributed by atoms with van der Waals surface area (Å²) in [5.41, 5.74) is 5.63. The summed E-state index contributed by atoms with van der Waals surface area (Å²) in [5.74, 6) is 2.12. The van der Waals surface area contributed by atoms with Gasteiger partial charge in [0.2, 0.25) is 0 Å². The van der Waals surface area contributed by atoms with Crippen LogP contribution in [0.25, 0.3) is 16.8 Å². The molecule has 0 spiro atoms. The van der Waals surface area contributed by atoms with Crippen LogP contribution in [-0.4, -0.2) is 81.0 Å². The molecule has 0 atom stereocenters. The number of carbonyl (C=O) groups is 3. The van der Waals surface area contributed by atoms with Gasteiger partial charge < -0.3 is 29.3 Å². The maximum Gasteiger partial charge on any atom is 0.410 e. The average molecular weight is 814 g/mol. The molecule has 4 aliphatic carbocycles. The van der Waals surface area contributed by atoms with Crippen molar-refractivity contribution < 1.29 is 28.6 Å². The van der Waals surface area contributed by atoms with Gasteiger partial charge in [0.05, 0.1) is 30.8 Å². The Kier molecular flexibility index (Phi) is 10.3. The quantitative estimate of drug-likeness (QED) is 0.108. The lowest BCUT2D eigenvalue weighted by Gasteiger charge is -2.56. The van der Waals surface area contributed by atoms with E-state index in [9.17, 15) is 14.4 Å². The summed E-state index contributed by atoms with van der Waals surface area (Å²) in [6, 6.07) is 17.1. The highest BCUT2D eigenvalue weighted by molar-refractivity contribution is 6.04. The predicted octanol–water partition coefficient (Wildman–Crippen LogP) is 8.67. The first-order valence-corrected chi connectivity index (χ1v) is 21.3. The van der Waals surface area contributed by atoms with Crippen molar-refractivity contribution in [3.05, 3.63) is 95.6 Å². The van der Waals surface area contributed by atoms with Crippen LogP contribution in [0.1, 0.15) is 91.3 Å². The number of esters is 2. The molecule has 10 rings (SSSR count). The Morgan fingerprint density at radius 2 is 1.57 bits per heavy atom. The molecule has 4 bridgehead atoms. The van der Waals surface area contributed by atoms with E-state index in [-0.39, 0.29) is 12.7 Å². The van der Waals surface area contributed by atoms with Crippen molar-refractivity contribution in [3.8, 4) is 11.1 Å². The number of methoxy groups -OCH3 is 1. The van der Waals surface area contributed by atoms with Crippen LogP contribution in [0.2, 0.25) is 0 Å². The summed E-state index contributed by atoms with van der Waals surface area (Å²) in [6.07, 6.45) is 13.1. The SMILES string of the molecule is COC(=O)c1c(-c2cnn(CC34CC5CC(CC(C5)C3)C4)c2C)ccn2c(Nc3cc(N4CCN(C(=O)OCc5ccccc5)CC4)ccc3C(=O)OC(C)(C)C)cnc12. The van der Waals surface area contributed by atoms with Crippen LogP contribution in [0.3, 0.4) is 0 Å². The number of hydrogen-bond acceptors (Lipinski definition) is 10. The number of pyridine rings is 1. The van der Waals surface area contributed by atoms with Crippen molar-refractivity contribution in [1.29, 1.82) is 0 Å². The predicted molar refractivity (Wildman–Crippen MR) is 228 cm³/mol. The normalized spacial score (nSPS) is 22.2. The van der Waals surface area contributed by atoms with Crippen molar-refractivity contribution in [2.45, 2.75) is 85.0 Å². The lowest BCUT2D eigenvalue weighted by Crippen LogP contribution is -2.49. The van der Waals surface area contributed by atoms with E-state index in [4.69, 9.17) is 24.3 Å². The third-order valence-corrected chi connectivity index (χ3v) is 13.1. The van der Waals surface area contributed by atoms with Gasteiger partial charge in [-0.3, -0.25) is 9.08 Å². The zero-order valence-electron chi connectivity index (χ0n) is 35.3. The van der Waals surface area contributed by atoms with Gasteiger partial charge in [-0.1, -0.05) is 30.3 Å². The maximum absolute atomic E-state index is 13.6. The van der Waals surface area contributed by atoms with Gasteiger partial charge in [-0.05, 0) is 119 Å². The molecular formula is C47H55N7O6. The van der Waals surface area contributed by atoms with Crippen molar-refractivity contribution in [2.24, 2.45) is 23.2 Å². The molecule has 4 saturated carbocycles. The lowest BCUT2D eigenvalue weighted by atomic mass is 9.49. The van der Waals surface area contributed by atoms with Gasteiger partial charge >= 0.3 is 18.0 Å². The van der Waals surface area contributed by atoms with Gasteiger partial charge in [0.25, 0.3) is 0 Å². The first-order valence-electron chi connectivity index (χ1n) is 21.3. The van der Waals surface area contributed by atoms with Crippen molar-refractivity contribution in [1.82, 2.24) is 24.1 Å². The van der Waals surface area contributed by atoms with E-state index >= 15 is 0 Å². The molecule has 13 nitrogen and oxygen atoms in total. The number of ether oxygens (including phenoxy) is 3. The Hall–Kier alpha value is -5.85. The second kappa shape index (κ2) is 15.6. The number of imidazole rings is 1. The molecule has 1 saturated heterocycles. The van der Waals surface area contributed by atoms with Crippen LogP contribution in [0, 0.1) is 30.1 Å². The minimum absolute atomic E-state index is 0.221. The van der Waals surface area contributed by atoms with Crippen LogP contribution < -0.4 is 10.2 Å². The fourth-order valence-electron chi connectivity index (χ4n) is 10.8. The molecule has 2 aromatic carbocycles. The van der Waals surface area contributed by atoms with E-state index in [0.29, 0.717) is 65.4 Å². The standard InChI is InChI=1S/C47H55N7O6/c1-30-38(26-49-54(30)29-47-23-32-19-33(24-47)21-34(20-32)25-47)36-13-14-53-40(27-48-42(53)41(36)44(56)58-5)50-39-22-35(11-12-37(39)43(55)60-46(2,3)4)51-15-17-52(18-16-51)45(57)59-28-31-9-7-6-8-10-31/h6-14,22,26-27,32-34,50H,15-21,23-25,28-29H2,1-5H3. The topological polar surface area (TPSA) is 133 Å². The number of nitrogens with zero attached hydrogens (tertiary/aromatic N) is 6. The molecule has 0 radical (unpaired) electrons. The molecule has 3 aromatic heterocycles. The van der Waals surface area contributed by atoms with Gasteiger partial charge in [0.15, 0.2) is 5.65 Å². The first kappa shape index (κ1) is 39.6. The highest BCUT2D eigenvalue weighted by Gasteiger charge is 2.51. The highest BCUT2D eigenvalue weighted by Crippen LogP contribution is 2.60. The summed E-state index contributed by atoms with van der Waals surface area (Å²) in [5, 5.41) is 8.37. The lowest BCUT2D eigenvalue weighted by molar-refractivity contribution is -0.0638. The Labute approximate surface area is 351 Å². The second-order valence-electron chi connectivity index (χ2n) is 18.5. The number of piperazine rings is 1. The van der Waals surface area contributed by atoms with Crippen molar-refractivity contribution in [2.75, 3.05) is 43.5 Å². The smallest absolute Gasteiger partial charge is 0.410 e. The minimum Gasteiger partial charge on any atom is -0.465 e. The number of anilines is 3. The third-order valence-electron chi connectivity index (χ3n) is 13.1. The number of amides is 1. The maximum atomic E-state index is 13.6. The summed E-state index contributed by atoms with van der Waals surface area (Å²) >= 11 is 0. The highest BCUT2D eigenvalue weighted by atomic mass is 16.6. The Bertz CT molecular complexity index is 2390. The molecule has 13 heteroatoms. The largest absolute Gasteiger partial charge is 0.465 e. The van der Waals surface area contributed by atoms with Crippen LogP contribution in [-0.2, 0) is 27.4 Å². The van der Waals surface area contributed by atoms with Crippen molar-refractivity contribution >= 4 is 40.9 Å². The average Bonchev–Trinajstić information content (AvgIpc) is 3.80. The van der Waals surface area contributed by atoms with Gasteiger partial charge in [-0.25, -0.2) is 19.4 Å². The first-order chi connectivity index (χ1) is 28.8. The van der Waals surface area contributed by atoms with E-state index in [1.54, 1.807) is 21.6 Å². The monoisotopic (exact) mass is 813 g/mol. The molecule has 5 aliphatic rings. The van der Waals surface area contributed by atoms with E-state index in [0.717, 1.165) is 46.8 Å². The number of carbonyl (C=O) groups excluding carboxylic acids is 3. The molecule has 314 valence electrons. The number of rotatable bonds is 10. The van der Waals surface area contributed by atoms with Crippen molar-refractivity contribution in [3.63, 3.8) is 0 Å². The summed E-state index contributed by atoms with van der Waals surface area (Å²) in [7, 11) is 1.38. The van der Waals surface area contributed by atoms with Crippen LogP contribution in [0.5, 0.6) is 0 Å². The number of aromatic nitrogens is 4. The van der Waals surface area contributed by atoms with Gasteiger partial charge in [-0.2, -0.15) is 5.10 Å². The molecule has 5 aromatic rings. The Morgan fingerprint density at radius 3 is 2.23 bits per heavy atom. The van der Waals surface area contributed by atoms with E-state index in [1.165, 1.54) is 45.6 Å². The van der Waals surface area contributed by atoms with Crippen LogP contribution in [0.15, 0.2) is 73.2 Å². The molecular weight excluding hydrogens is 759 g/mol. The van der Waals surface area contributed by atoms with Crippen LogP contribution in [0.4, 0.5) is 22.0 Å². The fourth-order valence-corrected chi connectivity index (χ4v) is 10.8. The summed E-state index contributed by atoms with van der Waals surface area (Å²) in [4.78, 5) is 48.8. The molecule has 4 heterocycles. The zero-order chi connectivity index (χ0) is 41.8. The number of nitrogens with one attached hydrogen (secondary N) is 1. The molecule has 0 unspecified atom stereocenters. The molecule has 60 heavy (non-hydrogen) atoms. The van der Waals surface area contributed by atoms with Gasteiger partial charge in [0, 0.05) is 61.4 Å². The Balaban J connectivity index is 0.978. The molecule has 5 fully saturated rings. The number of benzene rings is 2. The summed E-state index contributed by atoms with van der Waals surface area (Å²) < 4.78 is 20.7. The third kappa shape index (κ3) is 7.81. The number of hydrogen-bond donors (Lipinski definition) is 1. The van der Waals surface area contributed by atoms with Gasteiger partial charge in [0.1, 0.15) is 23.6 Å². The minimum atomic E-state index is -0.714. The zero-order valence-corrected chi connectivity index (χ0v) is 35.3.